The smallest absolute Gasteiger partial charge is 0.308 e. The van der Waals surface area contributed by atoms with Crippen molar-refractivity contribution in [2.75, 3.05) is 5.32 Å². The second kappa shape index (κ2) is 6.54. The van der Waals surface area contributed by atoms with Gasteiger partial charge in [0.25, 0.3) is 0 Å². The lowest BCUT2D eigenvalue weighted by Gasteiger charge is -2.07. The van der Waals surface area contributed by atoms with E-state index in [2.05, 4.69) is 37.2 Å². The van der Waals surface area contributed by atoms with Crippen LogP contribution < -0.4 is 5.32 Å². The zero-order chi connectivity index (χ0) is 13.8. The number of aliphatic carboxylic acids is 1. The highest BCUT2D eigenvalue weighted by atomic mass is 79.9. The van der Waals surface area contributed by atoms with Crippen molar-refractivity contribution in [3.05, 3.63) is 49.0 Å². The van der Waals surface area contributed by atoms with E-state index in [1.165, 1.54) is 11.3 Å². The van der Waals surface area contributed by atoms with E-state index in [0.717, 1.165) is 24.4 Å². The summed E-state index contributed by atoms with van der Waals surface area (Å²) in [4.78, 5) is 12.6. The third-order valence-corrected chi connectivity index (χ3v) is 4.66. The molecule has 0 aliphatic carbocycles. The van der Waals surface area contributed by atoms with Crippen LogP contribution in [-0.4, -0.2) is 11.1 Å². The molecule has 0 fully saturated rings. The predicted molar refractivity (Wildman–Crippen MR) is 84.8 cm³/mol. The highest BCUT2D eigenvalue weighted by molar-refractivity contribution is 9.11. The van der Waals surface area contributed by atoms with Crippen LogP contribution in [0.5, 0.6) is 0 Å². The Balaban J connectivity index is 1.98. The Hall–Kier alpha value is -0.850. The zero-order valence-corrected chi connectivity index (χ0v) is 13.8. The average Bonchev–Trinajstić information content (AvgIpc) is 2.74. The standard InChI is InChI=1S/C13H11Br2NO2S/c14-8-1-4-12(11(15)5-8)16-7-10-3-2-9(19-10)6-13(17)18/h1-5,16H,6-7H2,(H,17,18). The fraction of sp³-hybridized carbons (Fsp3) is 0.154. The van der Waals surface area contributed by atoms with Gasteiger partial charge in [-0.3, -0.25) is 4.79 Å². The molecular formula is C13H11Br2NO2S. The molecule has 1 aromatic carbocycles. The van der Waals surface area contributed by atoms with Crippen molar-refractivity contribution < 1.29 is 9.90 Å². The molecule has 0 unspecified atom stereocenters. The Kier molecular flexibility index (Phi) is 5.01. The minimum Gasteiger partial charge on any atom is -0.481 e. The lowest BCUT2D eigenvalue weighted by atomic mass is 10.3. The quantitative estimate of drug-likeness (QED) is 0.770. The van der Waals surface area contributed by atoms with E-state index >= 15 is 0 Å². The van der Waals surface area contributed by atoms with Crippen molar-refractivity contribution >= 4 is 54.9 Å². The van der Waals surface area contributed by atoms with Gasteiger partial charge in [0, 0.05) is 30.9 Å². The number of nitrogens with one attached hydrogen (secondary N) is 1. The number of benzene rings is 1. The second-order valence-electron chi connectivity index (χ2n) is 3.92. The molecule has 19 heavy (non-hydrogen) atoms. The van der Waals surface area contributed by atoms with E-state index in [1.807, 2.05) is 30.3 Å². The van der Waals surface area contributed by atoms with Crippen LogP contribution in [0.25, 0.3) is 0 Å². The minimum absolute atomic E-state index is 0.0899. The number of carboxylic acids is 1. The predicted octanol–water partition coefficient (Wildman–Crippen LogP) is 4.51. The summed E-state index contributed by atoms with van der Waals surface area (Å²) in [6.45, 7) is 0.685. The summed E-state index contributed by atoms with van der Waals surface area (Å²) >= 11 is 8.42. The van der Waals surface area contributed by atoms with Crippen LogP contribution in [0.15, 0.2) is 39.3 Å². The van der Waals surface area contributed by atoms with Gasteiger partial charge in [-0.2, -0.15) is 0 Å². The van der Waals surface area contributed by atoms with E-state index < -0.39 is 5.97 Å². The first kappa shape index (κ1) is 14.6. The highest BCUT2D eigenvalue weighted by Crippen LogP contribution is 2.27. The molecule has 1 aromatic heterocycles. The Labute approximate surface area is 131 Å². The minimum atomic E-state index is -0.794. The van der Waals surface area contributed by atoms with Crippen molar-refractivity contribution in [1.82, 2.24) is 0 Å². The van der Waals surface area contributed by atoms with Crippen LogP contribution in [0.3, 0.4) is 0 Å². The van der Waals surface area contributed by atoms with Crippen LogP contribution in [0.4, 0.5) is 5.69 Å². The second-order valence-corrected chi connectivity index (χ2v) is 6.94. The van der Waals surface area contributed by atoms with Crippen LogP contribution in [0, 0.1) is 0 Å². The van der Waals surface area contributed by atoms with Crippen molar-refractivity contribution in [3.8, 4) is 0 Å². The largest absolute Gasteiger partial charge is 0.481 e. The molecule has 2 aromatic rings. The molecule has 1 heterocycles. The van der Waals surface area contributed by atoms with Gasteiger partial charge in [-0.25, -0.2) is 0 Å². The summed E-state index contributed by atoms with van der Waals surface area (Å²) in [7, 11) is 0. The first-order valence-corrected chi connectivity index (χ1v) is 7.93. The maximum Gasteiger partial charge on any atom is 0.308 e. The van der Waals surface area contributed by atoms with Crippen LogP contribution in [0.2, 0.25) is 0 Å². The Morgan fingerprint density at radius 1 is 1.21 bits per heavy atom. The highest BCUT2D eigenvalue weighted by Gasteiger charge is 2.05. The van der Waals surface area contributed by atoms with E-state index in [-0.39, 0.29) is 6.42 Å². The number of carboxylic acid groups (broad SMARTS) is 1. The zero-order valence-electron chi connectivity index (χ0n) is 9.82. The molecule has 0 amide bonds. The summed E-state index contributed by atoms with van der Waals surface area (Å²) in [6, 6.07) is 9.76. The van der Waals surface area contributed by atoms with Gasteiger partial charge in [0.05, 0.1) is 6.42 Å². The summed E-state index contributed by atoms with van der Waals surface area (Å²) in [5.41, 5.74) is 1.01. The number of rotatable bonds is 5. The average molecular weight is 405 g/mol. The molecule has 2 rings (SSSR count). The number of hydrogen-bond donors (Lipinski definition) is 2. The molecule has 0 spiro atoms. The van der Waals surface area contributed by atoms with Gasteiger partial charge in [-0.05, 0) is 46.3 Å². The van der Waals surface area contributed by atoms with Gasteiger partial charge >= 0.3 is 5.97 Å². The molecule has 3 nitrogen and oxygen atoms in total. The van der Waals surface area contributed by atoms with Crippen molar-refractivity contribution in [1.29, 1.82) is 0 Å². The topological polar surface area (TPSA) is 49.3 Å². The molecule has 0 aliphatic rings. The fourth-order valence-corrected chi connectivity index (χ4v) is 3.71. The Bertz CT molecular complexity index is 598. The first-order chi connectivity index (χ1) is 9.04. The fourth-order valence-electron chi connectivity index (χ4n) is 1.58. The number of thiophene rings is 1. The summed E-state index contributed by atoms with van der Waals surface area (Å²) in [5.74, 6) is -0.794. The van der Waals surface area contributed by atoms with E-state index in [4.69, 9.17) is 5.11 Å². The van der Waals surface area contributed by atoms with Crippen molar-refractivity contribution in [2.45, 2.75) is 13.0 Å². The number of halogens is 2. The van der Waals surface area contributed by atoms with Crippen LogP contribution >= 0.6 is 43.2 Å². The van der Waals surface area contributed by atoms with E-state index in [1.54, 1.807) is 0 Å². The molecule has 0 radical (unpaired) electrons. The first-order valence-electron chi connectivity index (χ1n) is 5.53. The van der Waals surface area contributed by atoms with Gasteiger partial charge in [-0.15, -0.1) is 11.3 Å². The van der Waals surface area contributed by atoms with Crippen molar-refractivity contribution in [3.63, 3.8) is 0 Å². The third kappa shape index (κ3) is 4.33. The van der Waals surface area contributed by atoms with Gasteiger partial charge in [0.1, 0.15) is 0 Å². The molecule has 0 saturated heterocycles. The number of hydrogen-bond acceptors (Lipinski definition) is 3. The van der Waals surface area contributed by atoms with Crippen molar-refractivity contribution in [2.24, 2.45) is 0 Å². The van der Waals surface area contributed by atoms with E-state index in [0.29, 0.717) is 6.54 Å². The summed E-state index contributed by atoms with van der Waals surface area (Å²) in [5, 5.41) is 12.0. The SMILES string of the molecule is O=C(O)Cc1ccc(CNc2ccc(Br)cc2Br)s1. The lowest BCUT2D eigenvalue weighted by Crippen LogP contribution is -1.98. The van der Waals surface area contributed by atoms with Gasteiger partial charge < -0.3 is 10.4 Å². The normalized spacial score (nSPS) is 10.4. The maximum atomic E-state index is 10.6. The van der Waals surface area contributed by atoms with Gasteiger partial charge in [0.15, 0.2) is 0 Å². The lowest BCUT2D eigenvalue weighted by molar-refractivity contribution is -0.136. The number of anilines is 1. The van der Waals surface area contributed by atoms with E-state index in [9.17, 15) is 4.79 Å². The molecular weight excluding hydrogens is 394 g/mol. The molecule has 0 atom stereocenters. The molecule has 0 saturated carbocycles. The van der Waals surface area contributed by atoms with Crippen LogP contribution in [-0.2, 0) is 17.8 Å². The van der Waals surface area contributed by atoms with Gasteiger partial charge in [-0.1, -0.05) is 15.9 Å². The molecule has 6 heteroatoms. The third-order valence-electron chi connectivity index (χ3n) is 2.43. The maximum absolute atomic E-state index is 10.6. The van der Waals surface area contributed by atoms with Gasteiger partial charge in [0.2, 0.25) is 0 Å². The Morgan fingerprint density at radius 2 is 1.95 bits per heavy atom. The molecule has 100 valence electrons. The monoisotopic (exact) mass is 403 g/mol. The molecule has 2 N–H and O–H groups in total. The molecule has 0 bridgehead atoms. The summed E-state index contributed by atoms with van der Waals surface area (Å²) < 4.78 is 2.01. The number of carbonyl (C=O) groups is 1. The molecule has 0 aliphatic heterocycles. The van der Waals surface area contributed by atoms with Crippen LogP contribution in [0.1, 0.15) is 9.75 Å². The Morgan fingerprint density at radius 3 is 2.63 bits per heavy atom. The summed E-state index contributed by atoms with van der Waals surface area (Å²) in [6.07, 6.45) is 0.0899.